The molecule has 3 aliphatic heterocycles. The van der Waals surface area contributed by atoms with Gasteiger partial charge in [0, 0.05) is 0 Å². The molecule has 0 aromatic heterocycles. The van der Waals surface area contributed by atoms with Crippen LogP contribution in [0.15, 0.2) is 0 Å². The van der Waals surface area contributed by atoms with Gasteiger partial charge in [-0.1, -0.05) is 103 Å². The molecular formula is C37H68O8. The van der Waals surface area contributed by atoms with E-state index >= 15 is 0 Å². The fourth-order valence-corrected chi connectivity index (χ4v) is 7.59. The molecule has 10 atom stereocenters. The number of ether oxygens (including phenoxy) is 3. The van der Waals surface area contributed by atoms with E-state index in [9.17, 15) is 25.2 Å². The Morgan fingerprint density at radius 2 is 1.09 bits per heavy atom. The quantitative estimate of drug-likeness (QED) is 0.0627. The molecule has 0 radical (unpaired) electrons. The molecule has 4 N–H and O–H groups in total. The molecule has 0 saturated carbocycles. The molecule has 0 aromatic carbocycles. The lowest BCUT2D eigenvalue weighted by atomic mass is 9.95. The summed E-state index contributed by atoms with van der Waals surface area (Å²) in [7, 11) is 0. The molecule has 45 heavy (non-hydrogen) atoms. The van der Waals surface area contributed by atoms with Gasteiger partial charge in [0.15, 0.2) is 0 Å². The third-order valence-corrected chi connectivity index (χ3v) is 10.7. The fraction of sp³-hybridized carbons (Fsp3) is 0.973. The van der Waals surface area contributed by atoms with Gasteiger partial charge in [0.25, 0.3) is 0 Å². The van der Waals surface area contributed by atoms with Gasteiger partial charge in [-0.15, -0.1) is 0 Å². The predicted molar refractivity (Wildman–Crippen MR) is 177 cm³/mol. The van der Waals surface area contributed by atoms with Crippen molar-refractivity contribution < 1.29 is 39.4 Å². The van der Waals surface area contributed by atoms with Crippen LogP contribution >= 0.6 is 0 Å². The molecule has 3 saturated heterocycles. The summed E-state index contributed by atoms with van der Waals surface area (Å²) in [6, 6.07) is 0. The minimum Gasteiger partial charge on any atom is -0.460 e. The smallest absolute Gasteiger partial charge is 0.312 e. The molecule has 0 bridgehead atoms. The highest BCUT2D eigenvalue weighted by atomic mass is 16.6. The summed E-state index contributed by atoms with van der Waals surface area (Å²) in [4.78, 5) is 11.8. The zero-order valence-electron chi connectivity index (χ0n) is 28.7. The average molecular weight is 641 g/mol. The minimum atomic E-state index is -0.656. The lowest BCUT2D eigenvalue weighted by Gasteiger charge is -2.24. The molecule has 0 unspecified atom stereocenters. The number of aliphatic hydroxyl groups is 4. The zero-order valence-corrected chi connectivity index (χ0v) is 28.7. The van der Waals surface area contributed by atoms with Crippen molar-refractivity contribution in [1.29, 1.82) is 0 Å². The number of hydrogen-bond acceptors (Lipinski definition) is 8. The Morgan fingerprint density at radius 3 is 1.64 bits per heavy atom. The van der Waals surface area contributed by atoms with Gasteiger partial charge < -0.3 is 34.6 Å². The van der Waals surface area contributed by atoms with Crippen LogP contribution in [-0.2, 0) is 19.0 Å². The topological polar surface area (TPSA) is 126 Å². The highest BCUT2D eigenvalue weighted by molar-refractivity contribution is 5.75. The largest absolute Gasteiger partial charge is 0.460 e. The first-order valence-corrected chi connectivity index (χ1v) is 19.0. The number of cyclic esters (lactones) is 1. The Kier molecular flexibility index (Phi) is 18.9. The van der Waals surface area contributed by atoms with Crippen LogP contribution in [0.5, 0.6) is 0 Å². The highest BCUT2D eigenvalue weighted by Gasteiger charge is 2.40. The monoisotopic (exact) mass is 640 g/mol. The van der Waals surface area contributed by atoms with Crippen molar-refractivity contribution in [3.05, 3.63) is 0 Å². The summed E-state index contributed by atoms with van der Waals surface area (Å²) in [5.74, 6) is -0.591. The Morgan fingerprint density at radius 1 is 0.622 bits per heavy atom. The van der Waals surface area contributed by atoms with Crippen LogP contribution in [0.4, 0.5) is 0 Å². The molecule has 0 spiro atoms. The van der Waals surface area contributed by atoms with Crippen LogP contribution in [0, 0.1) is 5.92 Å². The van der Waals surface area contributed by atoms with Crippen LogP contribution in [0.2, 0.25) is 0 Å². The van der Waals surface area contributed by atoms with E-state index in [4.69, 9.17) is 14.2 Å². The normalized spacial score (nSPS) is 30.5. The highest BCUT2D eigenvalue weighted by Crippen LogP contribution is 2.31. The van der Waals surface area contributed by atoms with Crippen LogP contribution in [-0.4, -0.2) is 81.3 Å². The van der Waals surface area contributed by atoms with Crippen LogP contribution in [0.1, 0.15) is 168 Å². The van der Waals surface area contributed by atoms with E-state index in [1.165, 1.54) is 64.2 Å². The maximum absolute atomic E-state index is 11.8. The molecule has 0 aromatic rings. The number of carbonyl (C=O) groups excluding carboxylic acids is 1. The molecule has 0 amide bonds. The first kappa shape index (κ1) is 38.7. The van der Waals surface area contributed by atoms with Gasteiger partial charge in [-0.2, -0.15) is 0 Å². The second-order valence-corrected chi connectivity index (χ2v) is 14.5. The summed E-state index contributed by atoms with van der Waals surface area (Å²) in [6.07, 6.45) is 21.8. The number of esters is 1. The Bertz CT molecular complexity index is 780. The van der Waals surface area contributed by atoms with Gasteiger partial charge in [0.2, 0.25) is 0 Å². The molecule has 264 valence electrons. The third-order valence-electron chi connectivity index (χ3n) is 10.7. The lowest BCUT2D eigenvalue weighted by Crippen LogP contribution is -2.33. The molecule has 3 heterocycles. The van der Waals surface area contributed by atoms with Gasteiger partial charge in [-0.3, -0.25) is 4.79 Å². The predicted octanol–water partition coefficient (Wildman–Crippen LogP) is 6.91. The van der Waals surface area contributed by atoms with E-state index in [1.807, 2.05) is 0 Å². The molecule has 8 nitrogen and oxygen atoms in total. The van der Waals surface area contributed by atoms with Crippen molar-refractivity contribution in [2.45, 2.75) is 223 Å². The third kappa shape index (κ3) is 14.1. The minimum absolute atomic E-state index is 0.147. The van der Waals surface area contributed by atoms with Crippen molar-refractivity contribution in [2.75, 3.05) is 0 Å². The van der Waals surface area contributed by atoms with E-state index in [2.05, 4.69) is 6.92 Å². The Balaban J connectivity index is 1.15. The molecular weight excluding hydrogens is 572 g/mol. The SMILES string of the molecule is CCCCCCCCCC[C@H](O)[C@H]1CC[C@H]([C@H](O)CC[C@@H](O)[C@H]2CC[C@@H](CCCCCCCCC[C@@H]3C(=O)O[C@@H](C)[C@@H]3O)O2)O1. The Hall–Kier alpha value is -0.770. The molecule has 8 heteroatoms. The van der Waals surface area contributed by atoms with Gasteiger partial charge in [-0.25, -0.2) is 0 Å². The van der Waals surface area contributed by atoms with Crippen molar-refractivity contribution in [3.8, 4) is 0 Å². The molecule has 0 aliphatic carbocycles. The van der Waals surface area contributed by atoms with E-state index in [-0.39, 0.29) is 42.4 Å². The van der Waals surface area contributed by atoms with Gasteiger partial charge in [0.1, 0.15) is 12.2 Å². The number of hydrogen-bond donors (Lipinski definition) is 4. The van der Waals surface area contributed by atoms with Gasteiger partial charge in [-0.05, 0) is 64.7 Å². The van der Waals surface area contributed by atoms with E-state index in [1.54, 1.807) is 6.92 Å². The Labute approximate surface area is 274 Å². The standard InChI is InChI=1S/C37H68O8/c1-3-4-5-6-7-11-14-17-20-30(38)34-25-26-35(45-34)32(40)23-22-31(39)33-24-21-28(44-33)18-15-12-9-8-10-13-16-19-29-36(41)27(2)43-37(29)42/h27-36,38-41H,3-26H2,1-2H3/t27-,28+,29-,30-,31+,32+,33+,34+,35+,36-/m0/s1. The second kappa shape index (κ2) is 22.0. The maximum Gasteiger partial charge on any atom is 0.312 e. The number of carbonyl (C=O) groups is 1. The van der Waals surface area contributed by atoms with Crippen molar-refractivity contribution >= 4 is 5.97 Å². The number of rotatable bonds is 25. The summed E-state index contributed by atoms with van der Waals surface area (Å²) >= 11 is 0. The van der Waals surface area contributed by atoms with Crippen LogP contribution in [0.25, 0.3) is 0 Å². The number of aliphatic hydroxyl groups excluding tert-OH is 4. The maximum atomic E-state index is 11.8. The van der Waals surface area contributed by atoms with E-state index < -0.39 is 24.4 Å². The second-order valence-electron chi connectivity index (χ2n) is 14.5. The van der Waals surface area contributed by atoms with E-state index in [0.29, 0.717) is 19.3 Å². The van der Waals surface area contributed by atoms with Crippen LogP contribution < -0.4 is 0 Å². The van der Waals surface area contributed by atoms with Crippen molar-refractivity contribution in [1.82, 2.24) is 0 Å². The molecule has 3 aliphatic rings. The van der Waals surface area contributed by atoms with Gasteiger partial charge in [0.05, 0.1) is 48.6 Å². The van der Waals surface area contributed by atoms with Gasteiger partial charge >= 0.3 is 5.97 Å². The average Bonchev–Trinajstić information content (AvgIpc) is 3.77. The fourth-order valence-electron chi connectivity index (χ4n) is 7.59. The number of unbranched alkanes of at least 4 members (excludes halogenated alkanes) is 13. The summed E-state index contributed by atoms with van der Waals surface area (Å²) < 4.78 is 17.4. The summed E-state index contributed by atoms with van der Waals surface area (Å²) in [6.45, 7) is 3.99. The first-order valence-electron chi connectivity index (χ1n) is 19.0. The van der Waals surface area contributed by atoms with E-state index in [0.717, 1.165) is 70.6 Å². The summed E-state index contributed by atoms with van der Waals surface area (Å²) in [5.41, 5.74) is 0. The lowest BCUT2D eigenvalue weighted by molar-refractivity contribution is -0.143. The van der Waals surface area contributed by atoms with Crippen LogP contribution in [0.3, 0.4) is 0 Å². The first-order chi connectivity index (χ1) is 21.8. The van der Waals surface area contributed by atoms with Crippen molar-refractivity contribution in [3.63, 3.8) is 0 Å². The molecule has 3 rings (SSSR count). The van der Waals surface area contributed by atoms with Crippen molar-refractivity contribution in [2.24, 2.45) is 5.92 Å². The zero-order chi connectivity index (χ0) is 32.4. The molecule has 3 fully saturated rings. The summed E-state index contributed by atoms with van der Waals surface area (Å²) in [5, 5.41) is 42.2.